The maximum atomic E-state index is 12.8. The highest BCUT2D eigenvalue weighted by molar-refractivity contribution is 6.34. The Balaban J connectivity index is 2.02. The van der Waals surface area contributed by atoms with Gasteiger partial charge in [-0.1, -0.05) is 54.1 Å². The average molecular weight is 381 g/mol. The third kappa shape index (κ3) is 4.02. The minimum absolute atomic E-state index is 0.0239. The van der Waals surface area contributed by atoms with E-state index in [1.807, 2.05) is 0 Å². The molecule has 0 aromatic heterocycles. The number of nitrogens with zero attached hydrogens (tertiary/aromatic N) is 1. The molecule has 0 aliphatic carbocycles. The van der Waals surface area contributed by atoms with E-state index in [1.54, 1.807) is 54.6 Å². The summed E-state index contributed by atoms with van der Waals surface area (Å²) in [6, 6.07) is 18.5. The SMILES string of the molecule is O=C(Nc1ccc([N+](=O)[O-])cc1C(=O)c1ccccc1)c1ccccc1Cl. The van der Waals surface area contributed by atoms with E-state index in [9.17, 15) is 19.7 Å². The molecule has 7 heteroatoms. The standard InChI is InChI=1S/C20H13ClN2O4/c21-17-9-5-4-8-15(17)20(25)22-18-11-10-14(23(26)27)12-16(18)19(24)13-6-2-1-3-7-13/h1-12H,(H,22,25). The van der Waals surface area contributed by atoms with Crippen molar-refractivity contribution < 1.29 is 14.5 Å². The Morgan fingerprint density at radius 1 is 0.889 bits per heavy atom. The van der Waals surface area contributed by atoms with Gasteiger partial charge < -0.3 is 5.32 Å². The third-order valence-corrected chi connectivity index (χ3v) is 4.19. The topological polar surface area (TPSA) is 89.3 Å². The van der Waals surface area contributed by atoms with Gasteiger partial charge in [0, 0.05) is 17.7 Å². The summed E-state index contributed by atoms with van der Waals surface area (Å²) in [6.07, 6.45) is 0. The van der Waals surface area contributed by atoms with Crippen molar-refractivity contribution >= 4 is 34.7 Å². The highest BCUT2D eigenvalue weighted by Gasteiger charge is 2.20. The number of halogens is 1. The first-order valence-corrected chi connectivity index (χ1v) is 8.29. The Hall–Kier alpha value is -3.51. The van der Waals surface area contributed by atoms with E-state index in [-0.39, 0.29) is 27.5 Å². The van der Waals surface area contributed by atoms with E-state index < -0.39 is 16.6 Å². The molecule has 3 aromatic carbocycles. The number of rotatable bonds is 5. The highest BCUT2D eigenvalue weighted by atomic mass is 35.5. The number of amides is 1. The molecule has 1 N–H and O–H groups in total. The van der Waals surface area contributed by atoms with Crippen molar-refractivity contribution in [1.29, 1.82) is 0 Å². The lowest BCUT2D eigenvalue weighted by atomic mass is 10.0. The monoisotopic (exact) mass is 380 g/mol. The maximum absolute atomic E-state index is 12.8. The number of non-ortho nitro benzene ring substituents is 1. The molecule has 27 heavy (non-hydrogen) atoms. The highest BCUT2D eigenvalue weighted by Crippen LogP contribution is 2.26. The second-order valence-electron chi connectivity index (χ2n) is 5.62. The first-order chi connectivity index (χ1) is 13.0. The molecule has 0 heterocycles. The number of ketones is 1. The molecule has 0 radical (unpaired) electrons. The van der Waals surface area contributed by atoms with Crippen LogP contribution < -0.4 is 5.32 Å². The van der Waals surface area contributed by atoms with E-state index in [2.05, 4.69) is 5.32 Å². The van der Waals surface area contributed by atoms with Gasteiger partial charge in [-0.15, -0.1) is 0 Å². The Morgan fingerprint density at radius 3 is 2.22 bits per heavy atom. The van der Waals surface area contributed by atoms with Crippen molar-refractivity contribution in [3.05, 3.63) is 105 Å². The molecule has 0 bridgehead atoms. The molecule has 3 rings (SSSR count). The zero-order valence-electron chi connectivity index (χ0n) is 13.9. The second-order valence-corrected chi connectivity index (χ2v) is 6.02. The fourth-order valence-electron chi connectivity index (χ4n) is 2.52. The van der Waals surface area contributed by atoms with Gasteiger partial charge in [0.2, 0.25) is 0 Å². The van der Waals surface area contributed by atoms with Crippen molar-refractivity contribution in [1.82, 2.24) is 0 Å². The quantitative estimate of drug-likeness (QED) is 0.393. The molecule has 0 spiro atoms. The Bertz CT molecular complexity index is 1040. The van der Waals surface area contributed by atoms with Gasteiger partial charge in [-0.25, -0.2) is 0 Å². The van der Waals surface area contributed by atoms with Gasteiger partial charge in [0.25, 0.3) is 11.6 Å². The van der Waals surface area contributed by atoms with E-state index in [4.69, 9.17) is 11.6 Å². The molecule has 3 aromatic rings. The van der Waals surface area contributed by atoms with E-state index in [1.165, 1.54) is 12.1 Å². The molecule has 6 nitrogen and oxygen atoms in total. The largest absolute Gasteiger partial charge is 0.321 e. The number of hydrogen-bond donors (Lipinski definition) is 1. The molecule has 0 aliphatic rings. The smallest absolute Gasteiger partial charge is 0.270 e. The summed E-state index contributed by atoms with van der Waals surface area (Å²) in [4.78, 5) is 35.9. The van der Waals surface area contributed by atoms with Crippen LogP contribution in [0.4, 0.5) is 11.4 Å². The minimum atomic E-state index is -0.596. The zero-order chi connectivity index (χ0) is 19.4. The molecule has 0 fully saturated rings. The molecule has 134 valence electrons. The van der Waals surface area contributed by atoms with E-state index in [0.717, 1.165) is 6.07 Å². The number of nitro benzene ring substituents is 1. The summed E-state index contributed by atoms with van der Waals surface area (Å²) in [5, 5.41) is 14.0. The van der Waals surface area contributed by atoms with Crippen molar-refractivity contribution in [2.24, 2.45) is 0 Å². The summed E-state index contributed by atoms with van der Waals surface area (Å²) in [5.41, 5.74) is 0.530. The number of nitrogens with one attached hydrogen (secondary N) is 1. The first-order valence-electron chi connectivity index (χ1n) is 7.91. The van der Waals surface area contributed by atoms with E-state index in [0.29, 0.717) is 5.56 Å². The van der Waals surface area contributed by atoms with Gasteiger partial charge >= 0.3 is 0 Å². The number of anilines is 1. The molecular formula is C20H13ClN2O4. The van der Waals surface area contributed by atoms with Gasteiger partial charge in [0.15, 0.2) is 5.78 Å². The molecule has 0 saturated heterocycles. The summed E-state index contributed by atoms with van der Waals surface area (Å²) in [6.45, 7) is 0. The van der Waals surface area contributed by atoms with Crippen LogP contribution in [-0.4, -0.2) is 16.6 Å². The fraction of sp³-hybridized carbons (Fsp3) is 0. The van der Waals surface area contributed by atoms with E-state index >= 15 is 0 Å². The predicted octanol–water partition coefficient (Wildman–Crippen LogP) is 4.73. The van der Waals surface area contributed by atoms with Crippen LogP contribution in [-0.2, 0) is 0 Å². The number of hydrogen-bond acceptors (Lipinski definition) is 4. The number of benzene rings is 3. The van der Waals surface area contributed by atoms with Crippen molar-refractivity contribution in [2.75, 3.05) is 5.32 Å². The van der Waals surface area contributed by atoms with Crippen LogP contribution in [0.25, 0.3) is 0 Å². The van der Waals surface area contributed by atoms with Crippen molar-refractivity contribution in [2.45, 2.75) is 0 Å². The van der Waals surface area contributed by atoms with Crippen LogP contribution in [0.1, 0.15) is 26.3 Å². The van der Waals surface area contributed by atoms with Gasteiger partial charge in [-0.3, -0.25) is 19.7 Å². The van der Waals surface area contributed by atoms with Crippen molar-refractivity contribution in [3.8, 4) is 0 Å². The molecule has 0 saturated carbocycles. The third-order valence-electron chi connectivity index (χ3n) is 3.86. The first kappa shape index (κ1) is 18.3. The van der Waals surface area contributed by atoms with Crippen molar-refractivity contribution in [3.63, 3.8) is 0 Å². The second kappa shape index (κ2) is 7.80. The molecule has 0 atom stereocenters. The number of nitro groups is 1. The Kier molecular flexibility index (Phi) is 5.28. The lowest BCUT2D eigenvalue weighted by Gasteiger charge is -2.11. The van der Waals surface area contributed by atoms with Crippen LogP contribution in [0.2, 0.25) is 5.02 Å². The number of carbonyl (C=O) groups is 2. The average Bonchev–Trinajstić information content (AvgIpc) is 2.68. The normalized spacial score (nSPS) is 10.3. The maximum Gasteiger partial charge on any atom is 0.270 e. The van der Waals surface area contributed by atoms with Gasteiger partial charge in [-0.2, -0.15) is 0 Å². The minimum Gasteiger partial charge on any atom is -0.321 e. The lowest BCUT2D eigenvalue weighted by molar-refractivity contribution is -0.384. The van der Waals surface area contributed by atoms with Crippen LogP contribution >= 0.6 is 11.6 Å². The van der Waals surface area contributed by atoms with Crippen LogP contribution in [0.3, 0.4) is 0 Å². The summed E-state index contributed by atoms with van der Waals surface area (Å²) in [7, 11) is 0. The molecule has 1 amide bonds. The molecular weight excluding hydrogens is 368 g/mol. The Labute approximate surface area is 159 Å². The summed E-state index contributed by atoms with van der Waals surface area (Å²) >= 11 is 6.03. The fourth-order valence-corrected chi connectivity index (χ4v) is 2.74. The molecule has 0 aliphatic heterocycles. The van der Waals surface area contributed by atoms with Gasteiger partial charge in [0.1, 0.15) is 0 Å². The van der Waals surface area contributed by atoms with Crippen LogP contribution in [0, 0.1) is 10.1 Å². The predicted molar refractivity (Wildman–Crippen MR) is 102 cm³/mol. The van der Waals surface area contributed by atoms with Gasteiger partial charge in [0.05, 0.1) is 26.8 Å². The Morgan fingerprint density at radius 2 is 1.56 bits per heavy atom. The summed E-state index contributed by atoms with van der Waals surface area (Å²) < 4.78 is 0. The zero-order valence-corrected chi connectivity index (χ0v) is 14.6. The summed E-state index contributed by atoms with van der Waals surface area (Å²) in [5.74, 6) is -0.953. The van der Waals surface area contributed by atoms with Gasteiger partial charge in [-0.05, 0) is 18.2 Å². The lowest BCUT2D eigenvalue weighted by Crippen LogP contribution is -2.16. The molecule has 0 unspecified atom stereocenters. The number of carbonyl (C=O) groups excluding carboxylic acids is 2. The van der Waals surface area contributed by atoms with Crippen LogP contribution in [0.15, 0.2) is 72.8 Å². The van der Waals surface area contributed by atoms with Crippen LogP contribution in [0.5, 0.6) is 0 Å².